The summed E-state index contributed by atoms with van der Waals surface area (Å²) in [5.74, 6) is -0.119. The molecule has 1 saturated heterocycles. The largest absolute Gasteiger partial charge is 0.354 e. The Bertz CT molecular complexity index is 725. The summed E-state index contributed by atoms with van der Waals surface area (Å²) in [4.78, 5) is 26.9. The summed E-state index contributed by atoms with van der Waals surface area (Å²) < 4.78 is 1.48. The van der Waals surface area contributed by atoms with E-state index in [1.807, 2.05) is 24.3 Å². The number of aromatic amines is 1. The van der Waals surface area contributed by atoms with Crippen LogP contribution in [-0.4, -0.2) is 35.1 Å². The summed E-state index contributed by atoms with van der Waals surface area (Å²) in [5, 5.41) is 6.31. The number of imidazole rings is 1. The molecule has 3 rings (SSSR count). The number of carbonyl (C=O) groups excluding carboxylic acids is 1. The lowest BCUT2D eigenvalue weighted by molar-refractivity contribution is -0.122. The van der Waals surface area contributed by atoms with Crippen molar-refractivity contribution in [3.63, 3.8) is 0 Å². The van der Waals surface area contributed by atoms with Gasteiger partial charge in [0.25, 0.3) is 0 Å². The third kappa shape index (κ3) is 3.06. The molecule has 6 nitrogen and oxygen atoms in total. The van der Waals surface area contributed by atoms with Crippen molar-refractivity contribution in [1.82, 2.24) is 20.2 Å². The highest BCUT2D eigenvalue weighted by atomic mass is 16.2. The van der Waals surface area contributed by atoms with Crippen molar-refractivity contribution in [3.05, 3.63) is 34.7 Å². The van der Waals surface area contributed by atoms with Crippen molar-refractivity contribution in [2.45, 2.75) is 26.3 Å². The second kappa shape index (κ2) is 5.96. The number of H-pyrrole nitrogens is 1. The molecule has 1 aromatic heterocycles. The summed E-state index contributed by atoms with van der Waals surface area (Å²) in [6, 6.07) is 7.40. The van der Waals surface area contributed by atoms with Crippen LogP contribution in [0.5, 0.6) is 0 Å². The number of hydrogen-bond acceptors (Lipinski definition) is 3. The quantitative estimate of drug-likeness (QED) is 0.783. The maximum Gasteiger partial charge on any atom is 0.326 e. The molecule has 118 valence electrons. The Labute approximate surface area is 128 Å². The van der Waals surface area contributed by atoms with E-state index in [0.717, 1.165) is 37.0 Å². The minimum Gasteiger partial charge on any atom is -0.354 e. The van der Waals surface area contributed by atoms with Crippen molar-refractivity contribution in [2.24, 2.45) is 5.41 Å². The van der Waals surface area contributed by atoms with Crippen molar-refractivity contribution in [1.29, 1.82) is 0 Å². The molecule has 0 saturated carbocycles. The number of fused-ring (bicyclic) bond motifs is 1. The third-order valence-electron chi connectivity index (χ3n) is 4.51. The third-order valence-corrected chi connectivity index (χ3v) is 4.51. The fourth-order valence-corrected chi connectivity index (χ4v) is 2.98. The van der Waals surface area contributed by atoms with Crippen LogP contribution in [0.25, 0.3) is 11.0 Å². The van der Waals surface area contributed by atoms with Crippen LogP contribution in [0.15, 0.2) is 29.1 Å². The highest BCUT2D eigenvalue weighted by Gasteiger charge is 2.27. The predicted molar refractivity (Wildman–Crippen MR) is 85.8 cm³/mol. The first-order valence-electron chi connectivity index (χ1n) is 7.72. The molecule has 1 amide bonds. The Morgan fingerprint density at radius 1 is 1.32 bits per heavy atom. The molecule has 0 unspecified atom stereocenters. The number of nitrogens with zero attached hydrogens (tertiary/aromatic N) is 1. The van der Waals surface area contributed by atoms with Gasteiger partial charge in [-0.3, -0.25) is 9.36 Å². The molecule has 2 aromatic rings. The minimum atomic E-state index is -0.246. The van der Waals surface area contributed by atoms with Crippen LogP contribution in [-0.2, 0) is 11.3 Å². The zero-order valence-corrected chi connectivity index (χ0v) is 12.8. The number of para-hydroxylation sites is 2. The molecule has 1 fully saturated rings. The van der Waals surface area contributed by atoms with Gasteiger partial charge in [0.15, 0.2) is 0 Å². The molecular formula is C16H22N4O2. The van der Waals surface area contributed by atoms with Crippen LogP contribution in [0.3, 0.4) is 0 Å². The zero-order chi connectivity index (χ0) is 15.6. The number of aromatic nitrogens is 2. The molecular weight excluding hydrogens is 280 g/mol. The maximum absolute atomic E-state index is 12.2. The van der Waals surface area contributed by atoms with Gasteiger partial charge in [-0.05, 0) is 43.5 Å². The first kappa shape index (κ1) is 14.8. The normalized spacial score (nSPS) is 17.5. The van der Waals surface area contributed by atoms with E-state index in [0.29, 0.717) is 6.54 Å². The van der Waals surface area contributed by atoms with Crippen LogP contribution >= 0.6 is 0 Å². The topological polar surface area (TPSA) is 78.9 Å². The molecule has 6 heteroatoms. The van der Waals surface area contributed by atoms with Crippen LogP contribution < -0.4 is 16.3 Å². The summed E-state index contributed by atoms with van der Waals surface area (Å²) >= 11 is 0. The van der Waals surface area contributed by atoms with Gasteiger partial charge >= 0.3 is 5.69 Å². The van der Waals surface area contributed by atoms with Gasteiger partial charge in [-0.25, -0.2) is 4.79 Å². The second-order valence-electron chi connectivity index (χ2n) is 6.37. The molecule has 1 aliphatic rings. The number of rotatable bonds is 4. The van der Waals surface area contributed by atoms with Gasteiger partial charge in [-0.15, -0.1) is 0 Å². The van der Waals surface area contributed by atoms with E-state index in [-0.39, 0.29) is 23.6 Å². The standard InChI is InChI=1S/C16H22N4O2/c1-16(6-8-17-9-7-16)11-18-14(21)10-20-13-5-3-2-4-12(13)19-15(20)22/h2-5,17H,6-11H2,1H3,(H,18,21)(H,19,22). The summed E-state index contributed by atoms with van der Waals surface area (Å²) in [6.07, 6.45) is 2.11. The van der Waals surface area contributed by atoms with Crippen LogP contribution in [0, 0.1) is 5.41 Å². The molecule has 3 N–H and O–H groups in total. The lowest BCUT2D eigenvalue weighted by atomic mass is 9.81. The summed E-state index contributed by atoms with van der Waals surface area (Å²) in [6.45, 7) is 4.90. The average Bonchev–Trinajstić information content (AvgIpc) is 2.82. The predicted octanol–water partition coefficient (Wildman–Crippen LogP) is 0.835. The second-order valence-corrected chi connectivity index (χ2v) is 6.37. The maximum atomic E-state index is 12.2. The van der Waals surface area contributed by atoms with Gasteiger partial charge < -0.3 is 15.6 Å². The van der Waals surface area contributed by atoms with Crippen LogP contribution in [0.1, 0.15) is 19.8 Å². The number of carbonyl (C=O) groups is 1. The van der Waals surface area contributed by atoms with E-state index in [1.54, 1.807) is 0 Å². The van der Waals surface area contributed by atoms with E-state index in [4.69, 9.17) is 0 Å². The van der Waals surface area contributed by atoms with Crippen LogP contribution in [0.2, 0.25) is 0 Å². The lowest BCUT2D eigenvalue weighted by Crippen LogP contribution is -2.44. The lowest BCUT2D eigenvalue weighted by Gasteiger charge is -2.34. The highest BCUT2D eigenvalue weighted by Crippen LogP contribution is 2.26. The number of hydrogen-bond donors (Lipinski definition) is 3. The van der Waals surface area contributed by atoms with E-state index >= 15 is 0 Å². The highest BCUT2D eigenvalue weighted by molar-refractivity contribution is 5.80. The van der Waals surface area contributed by atoms with Gasteiger partial charge in [0, 0.05) is 6.54 Å². The van der Waals surface area contributed by atoms with Gasteiger partial charge in [-0.2, -0.15) is 0 Å². The first-order valence-corrected chi connectivity index (χ1v) is 7.72. The summed E-state index contributed by atoms with van der Waals surface area (Å²) in [7, 11) is 0. The van der Waals surface area contributed by atoms with Crippen molar-refractivity contribution < 1.29 is 4.79 Å². The van der Waals surface area contributed by atoms with E-state index in [9.17, 15) is 9.59 Å². The van der Waals surface area contributed by atoms with E-state index in [2.05, 4.69) is 22.5 Å². The zero-order valence-electron chi connectivity index (χ0n) is 12.8. The van der Waals surface area contributed by atoms with Crippen molar-refractivity contribution in [2.75, 3.05) is 19.6 Å². The molecule has 0 bridgehead atoms. The number of benzene rings is 1. The monoisotopic (exact) mass is 302 g/mol. The van der Waals surface area contributed by atoms with Gasteiger partial charge in [0.2, 0.25) is 5.91 Å². The van der Waals surface area contributed by atoms with Crippen molar-refractivity contribution >= 4 is 16.9 Å². The van der Waals surface area contributed by atoms with Crippen LogP contribution in [0.4, 0.5) is 0 Å². The molecule has 0 radical (unpaired) electrons. The number of amides is 1. The van der Waals surface area contributed by atoms with Gasteiger partial charge in [0.1, 0.15) is 6.54 Å². The molecule has 0 atom stereocenters. The average molecular weight is 302 g/mol. The first-order chi connectivity index (χ1) is 10.6. The molecule has 0 aliphatic carbocycles. The van der Waals surface area contributed by atoms with Gasteiger partial charge in [-0.1, -0.05) is 19.1 Å². The Kier molecular flexibility index (Phi) is 4.02. The molecule has 22 heavy (non-hydrogen) atoms. The minimum absolute atomic E-state index is 0.0528. The fraction of sp³-hybridized carbons (Fsp3) is 0.500. The smallest absolute Gasteiger partial charge is 0.326 e. The van der Waals surface area contributed by atoms with Crippen molar-refractivity contribution in [3.8, 4) is 0 Å². The Balaban J connectivity index is 1.66. The molecule has 1 aromatic carbocycles. The number of piperidine rings is 1. The fourth-order valence-electron chi connectivity index (χ4n) is 2.98. The SMILES string of the molecule is CC1(CNC(=O)Cn2c(=O)[nH]c3ccccc32)CCNCC1. The molecule has 2 heterocycles. The summed E-state index contributed by atoms with van der Waals surface area (Å²) in [5.41, 5.74) is 1.41. The van der Waals surface area contributed by atoms with E-state index < -0.39 is 0 Å². The van der Waals surface area contributed by atoms with Gasteiger partial charge in [0.05, 0.1) is 11.0 Å². The molecule has 0 spiro atoms. The number of nitrogens with one attached hydrogen (secondary N) is 3. The Morgan fingerprint density at radius 3 is 2.82 bits per heavy atom. The molecule has 1 aliphatic heterocycles. The Hall–Kier alpha value is -2.08. The van der Waals surface area contributed by atoms with E-state index in [1.165, 1.54) is 4.57 Å². The Morgan fingerprint density at radius 2 is 2.05 bits per heavy atom.